The predicted molar refractivity (Wildman–Crippen MR) is 135 cm³/mol. The zero-order chi connectivity index (χ0) is 23.1. The molecule has 33 heavy (non-hydrogen) atoms. The number of hydrogen-bond donors (Lipinski definition) is 0. The molecule has 4 nitrogen and oxygen atoms in total. The van der Waals surface area contributed by atoms with Crippen molar-refractivity contribution < 1.29 is 14.2 Å². The van der Waals surface area contributed by atoms with Crippen LogP contribution in [0.4, 0.5) is 0 Å². The first-order valence-corrected chi connectivity index (χ1v) is 13.2. The maximum absolute atomic E-state index is 6.02. The number of unbranched alkanes of at least 4 members (excludes halogenated alkanes) is 8. The van der Waals surface area contributed by atoms with Gasteiger partial charge in [-0.1, -0.05) is 77.7 Å². The Bertz CT molecular complexity index is 751. The van der Waals surface area contributed by atoms with Gasteiger partial charge in [0.2, 0.25) is 0 Å². The lowest BCUT2D eigenvalue weighted by atomic mass is 10.0. The van der Waals surface area contributed by atoms with Crippen molar-refractivity contribution in [2.45, 2.75) is 90.8 Å². The molecule has 1 aromatic heterocycles. The highest BCUT2D eigenvalue weighted by Crippen LogP contribution is 2.28. The first-order chi connectivity index (χ1) is 16.3. The van der Waals surface area contributed by atoms with E-state index in [4.69, 9.17) is 14.2 Å². The van der Waals surface area contributed by atoms with E-state index >= 15 is 0 Å². The summed E-state index contributed by atoms with van der Waals surface area (Å²) < 4.78 is 17.9. The fourth-order valence-corrected chi connectivity index (χ4v) is 4.27. The number of hydrogen-bond acceptors (Lipinski definition) is 4. The first-order valence-electron chi connectivity index (χ1n) is 13.2. The molecule has 1 aromatic carbocycles. The summed E-state index contributed by atoms with van der Waals surface area (Å²) in [4.78, 5) is 4.65. The van der Waals surface area contributed by atoms with E-state index in [1.165, 1.54) is 64.2 Å². The van der Waals surface area contributed by atoms with E-state index in [1.54, 1.807) is 0 Å². The molecule has 4 heteroatoms. The highest BCUT2D eigenvalue weighted by atomic mass is 16.7. The van der Waals surface area contributed by atoms with Crippen LogP contribution in [-0.4, -0.2) is 24.8 Å². The molecular formula is C29H43NO3. The van der Waals surface area contributed by atoms with Gasteiger partial charge in [0.1, 0.15) is 5.75 Å². The molecule has 1 saturated heterocycles. The van der Waals surface area contributed by atoms with Gasteiger partial charge in [-0.05, 0) is 43.2 Å². The number of ether oxygens (including phenoxy) is 3. The zero-order valence-electron chi connectivity index (χ0n) is 20.8. The number of nitrogens with zero attached hydrogens (tertiary/aromatic N) is 1. The molecule has 0 saturated carbocycles. The van der Waals surface area contributed by atoms with E-state index in [9.17, 15) is 0 Å². The van der Waals surface area contributed by atoms with Crippen molar-refractivity contribution in [1.82, 2.24) is 4.98 Å². The van der Waals surface area contributed by atoms with Gasteiger partial charge in [-0.3, -0.25) is 4.98 Å². The van der Waals surface area contributed by atoms with Crippen LogP contribution in [0.25, 0.3) is 11.3 Å². The summed E-state index contributed by atoms with van der Waals surface area (Å²) >= 11 is 0. The minimum Gasteiger partial charge on any atom is -0.494 e. The third-order valence-electron chi connectivity index (χ3n) is 6.41. The second-order valence-electron chi connectivity index (χ2n) is 9.33. The maximum Gasteiger partial charge on any atom is 0.185 e. The lowest BCUT2D eigenvalue weighted by Crippen LogP contribution is -2.27. The Morgan fingerprint density at radius 2 is 1.45 bits per heavy atom. The smallest absolute Gasteiger partial charge is 0.185 e. The van der Waals surface area contributed by atoms with Gasteiger partial charge in [0.25, 0.3) is 0 Å². The third-order valence-corrected chi connectivity index (χ3v) is 6.41. The van der Waals surface area contributed by atoms with Crippen LogP contribution in [0.1, 0.15) is 96.3 Å². The Morgan fingerprint density at radius 3 is 2.12 bits per heavy atom. The van der Waals surface area contributed by atoms with E-state index in [0.717, 1.165) is 48.8 Å². The fraction of sp³-hybridized carbons (Fsp3) is 0.621. The summed E-state index contributed by atoms with van der Waals surface area (Å²) in [6.45, 7) is 6.83. The van der Waals surface area contributed by atoms with E-state index in [2.05, 4.69) is 37.0 Å². The van der Waals surface area contributed by atoms with Crippen molar-refractivity contribution in [3.05, 3.63) is 48.2 Å². The molecule has 0 unspecified atom stereocenters. The van der Waals surface area contributed by atoms with E-state index in [-0.39, 0.29) is 6.29 Å². The summed E-state index contributed by atoms with van der Waals surface area (Å²) in [5, 5.41) is 0. The minimum absolute atomic E-state index is 0.296. The van der Waals surface area contributed by atoms with Crippen LogP contribution in [0.5, 0.6) is 5.75 Å². The topological polar surface area (TPSA) is 40.6 Å². The molecule has 0 amide bonds. The summed E-state index contributed by atoms with van der Waals surface area (Å²) in [7, 11) is 0. The Morgan fingerprint density at radius 1 is 0.788 bits per heavy atom. The van der Waals surface area contributed by atoms with Crippen molar-refractivity contribution in [1.29, 1.82) is 0 Å². The molecule has 2 aromatic rings. The van der Waals surface area contributed by atoms with Gasteiger partial charge in [0.05, 0.1) is 25.5 Å². The standard InChI is InChI=1S/C29H43NO3/c1-3-5-7-9-10-11-13-24-22-32-29(33-23-24)26-16-19-28(30-21-26)25-14-17-27(18-15-25)31-20-12-8-6-4-2/h14-19,21,24,29H,3-13,20,22-23H2,1-2H3/t24-,29-. The summed E-state index contributed by atoms with van der Waals surface area (Å²) in [5.41, 5.74) is 3.03. The normalized spacial score (nSPS) is 18.4. The van der Waals surface area contributed by atoms with Crippen LogP contribution < -0.4 is 4.74 Å². The highest BCUT2D eigenvalue weighted by molar-refractivity contribution is 5.60. The third kappa shape index (κ3) is 9.10. The highest BCUT2D eigenvalue weighted by Gasteiger charge is 2.23. The van der Waals surface area contributed by atoms with Gasteiger partial charge in [0.15, 0.2) is 6.29 Å². The van der Waals surface area contributed by atoms with Crippen molar-refractivity contribution in [3.8, 4) is 17.0 Å². The summed E-state index contributed by atoms with van der Waals surface area (Å²) in [6, 6.07) is 12.3. The second-order valence-corrected chi connectivity index (χ2v) is 9.33. The number of aromatic nitrogens is 1. The number of rotatable bonds is 15. The van der Waals surface area contributed by atoms with Gasteiger partial charge in [-0.15, -0.1) is 0 Å². The van der Waals surface area contributed by atoms with E-state index in [0.29, 0.717) is 5.92 Å². The monoisotopic (exact) mass is 453 g/mol. The Kier molecular flexibility index (Phi) is 11.7. The molecule has 0 N–H and O–H groups in total. The average molecular weight is 454 g/mol. The van der Waals surface area contributed by atoms with Crippen LogP contribution >= 0.6 is 0 Å². The van der Waals surface area contributed by atoms with Gasteiger partial charge in [-0.25, -0.2) is 0 Å². The molecule has 0 radical (unpaired) electrons. The molecule has 1 aliphatic heterocycles. The average Bonchev–Trinajstić information content (AvgIpc) is 2.87. The van der Waals surface area contributed by atoms with Crippen molar-refractivity contribution >= 4 is 0 Å². The van der Waals surface area contributed by atoms with Crippen molar-refractivity contribution in [2.75, 3.05) is 19.8 Å². The molecular weight excluding hydrogens is 410 g/mol. The minimum atomic E-state index is -0.296. The lowest BCUT2D eigenvalue weighted by molar-refractivity contribution is -0.206. The quantitative estimate of drug-likeness (QED) is 0.255. The molecule has 1 fully saturated rings. The van der Waals surface area contributed by atoms with Crippen LogP contribution in [-0.2, 0) is 9.47 Å². The molecule has 1 aliphatic rings. The Balaban J connectivity index is 1.39. The summed E-state index contributed by atoms with van der Waals surface area (Å²) in [5.74, 6) is 1.44. The van der Waals surface area contributed by atoms with Gasteiger partial charge < -0.3 is 14.2 Å². The van der Waals surface area contributed by atoms with Crippen LogP contribution in [0.2, 0.25) is 0 Å². The van der Waals surface area contributed by atoms with Crippen LogP contribution in [0.15, 0.2) is 42.6 Å². The molecule has 0 spiro atoms. The summed E-state index contributed by atoms with van der Waals surface area (Å²) in [6.07, 6.45) is 15.7. The molecule has 0 bridgehead atoms. The van der Waals surface area contributed by atoms with Gasteiger partial charge in [-0.2, -0.15) is 0 Å². The predicted octanol–water partition coefficient (Wildman–Crippen LogP) is 8.12. The number of pyridine rings is 1. The van der Waals surface area contributed by atoms with Gasteiger partial charge >= 0.3 is 0 Å². The van der Waals surface area contributed by atoms with Crippen LogP contribution in [0, 0.1) is 5.92 Å². The Labute approximate surface area is 201 Å². The molecule has 3 rings (SSSR count). The molecule has 0 aliphatic carbocycles. The SMILES string of the molecule is CCCCCCCC[C@H]1CO[C@H](c2ccc(-c3ccc(OCCCCCC)cc3)nc2)OC1. The lowest BCUT2D eigenvalue weighted by Gasteiger charge is -2.29. The number of benzene rings is 1. The van der Waals surface area contributed by atoms with E-state index < -0.39 is 0 Å². The molecule has 2 heterocycles. The van der Waals surface area contributed by atoms with E-state index in [1.807, 2.05) is 24.4 Å². The van der Waals surface area contributed by atoms with Crippen LogP contribution in [0.3, 0.4) is 0 Å². The van der Waals surface area contributed by atoms with Crippen molar-refractivity contribution in [2.24, 2.45) is 5.92 Å². The maximum atomic E-state index is 6.02. The Hall–Kier alpha value is -1.91. The van der Waals surface area contributed by atoms with Crippen molar-refractivity contribution in [3.63, 3.8) is 0 Å². The zero-order valence-corrected chi connectivity index (χ0v) is 20.8. The van der Waals surface area contributed by atoms with Gasteiger partial charge in [0, 0.05) is 23.2 Å². The molecule has 0 atom stereocenters. The molecule has 182 valence electrons. The second kappa shape index (κ2) is 15.1. The first kappa shape index (κ1) is 25.7. The largest absolute Gasteiger partial charge is 0.494 e. The fourth-order valence-electron chi connectivity index (χ4n) is 4.27.